The van der Waals surface area contributed by atoms with Crippen LogP contribution in [0.25, 0.3) is 60.2 Å². The molecular formula is C57H36N2S. The minimum atomic E-state index is -0.500. The first-order valence-corrected chi connectivity index (χ1v) is 21.5. The molecule has 0 unspecified atom stereocenters. The Balaban J connectivity index is 1.15. The molecule has 3 heteroatoms. The molecule has 1 aromatic heterocycles. The summed E-state index contributed by atoms with van der Waals surface area (Å²) in [6, 6.07) is 81.2. The van der Waals surface area contributed by atoms with E-state index in [-0.39, 0.29) is 0 Å². The van der Waals surface area contributed by atoms with Crippen molar-refractivity contribution in [3.8, 4) is 16.8 Å². The van der Waals surface area contributed by atoms with E-state index >= 15 is 0 Å². The van der Waals surface area contributed by atoms with Gasteiger partial charge in [0.25, 0.3) is 0 Å². The second-order valence-corrected chi connectivity index (χ2v) is 17.1. The van der Waals surface area contributed by atoms with Crippen LogP contribution in [0, 0.1) is 0 Å². The van der Waals surface area contributed by atoms with Crippen molar-refractivity contribution in [2.45, 2.75) is 15.2 Å². The Morgan fingerprint density at radius 3 is 1.82 bits per heavy atom. The second-order valence-electron chi connectivity index (χ2n) is 16.0. The highest BCUT2D eigenvalue weighted by Gasteiger charge is 2.48. The molecular weight excluding hydrogens is 745 g/mol. The van der Waals surface area contributed by atoms with Crippen LogP contribution in [0.15, 0.2) is 228 Å². The first kappa shape index (κ1) is 33.6. The van der Waals surface area contributed by atoms with Gasteiger partial charge in [-0.15, -0.1) is 0 Å². The van der Waals surface area contributed by atoms with Crippen molar-refractivity contribution >= 4 is 72.2 Å². The molecule has 60 heavy (non-hydrogen) atoms. The van der Waals surface area contributed by atoms with Crippen molar-refractivity contribution in [3.63, 3.8) is 0 Å². The fraction of sp³-hybridized carbons (Fsp3) is 0.0175. The normalized spacial score (nSPS) is 13.4. The molecule has 0 bridgehead atoms. The van der Waals surface area contributed by atoms with E-state index in [1.165, 1.54) is 86.5 Å². The van der Waals surface area contributed by atoms with E-state index in [1.54, 1.807) is 0 Å². The van der Waals surface area contributed by atoms with Crippen molar-refractivity contribution in [3.05, 3.63) is 241 Å². The maximum atomic E-state index is 2.52. The second kappa shape index (κ2) is 12.8. The smallest absolute Gasteiger partial charge is 0.0735 e. The van der Waals surface area contributed by atoms with Crippen LogP contribution in [0.4, 0.5) is 17.1 Å². The number of anilines is 3. The van der Waals surface area contributed by atoms with Gasteiger partial charge in [-0.2, -0.15) is 0 Å². The van der Waals surface area contributed by atoms with Crippen molar-refractivity contribution in [2.75, 3.05) is 4.90 Å². The van der Waals surface area contributed by atoms with Gasteiger partial charge in [0.05, 0.1) is 27.8 Å². The first-order valence-electron chi connectivity index (χ1n) is 20.7. The highest BCUT2D eigenvalue weighted by molar-refractivity contribution is 7.99. The standard InChI is InChI=1S/C57H36N2S/c1-2-18-38(19-3-1)58-51-28-11-7-22-42(51)43-33-32-39(36-53(43)58)59(50-29-14-17-37-16-4-5-20-40(37)50)52-35-34-44-41-21-6-8-24-46(41)57(49-27-15-23-45(52)56(44)49)47-25-9-12-30-54(47)60-55-31-13-10-26-48(55)57/h1-36H. The number of nitrogens with zero attached hydrogens (tertiary/aromatic N) is 2. The van der Waals surface area contributed by atoms with E-state index in [0.717, 1.165) is 22.7 Å². The monoisotopic (exact) mass is 780 g/mol. The van der Waals surface area contributed by atoms with E-state index in [2.05, 4.69) is 228 Å². The summed E-state index contributed by atoms with van der Waals surface area (Å²) in [5.41, 5.74) is 14.3. The van der Waals surface area contributed by atoms with Crippen LogP contribution in [-0.2, 0) is 5.41 Å². The lowest BCUT2D eigenvalue weighted by atomic mass is 9.59. The Kier molecular flexibility index (Phi) is 7.19. The van der Waals surface area contributed by atoms with E-state index in [1.807, 2.05) is 11.8 Å². The SMILES string of the molecule is c1ccc(-n2c3ccccc3c3ccc(N(c4cccc5ccccc45)c4ccc5c6c(cccc46)C4(c6ccccc6Sc6ccccc64)c4ccccc4-5)cc32)cc1. The van der Waals surface area contributed by atoms with E-state index < -0.39 is 5.41 Å². The quantitative estimate of drug-likeness (QED) is 0.176. The average Bonchev–Trinajstić information content (AvgIpc) is 3.65. The van der Waals surface area contributed by atoms with Crippen LogP contribution in [0.5, 0.6) is 0 Å². The van der Waals surface area contributed by atoms with E-state index in [4.69, 9.17) is 0 Å². The minimum Gasteiger partial charge on any atom is -0.309 e. The Bertz CT molecular complexity index is 3490. The van der Waals surface area contributed by atoms with Crippen molar-refractivity contribution in [2.24, 2.45) is 0 Å². The van der Waals surface area contributed by atoms with Gasteiger partial charge in [0.1, 0.15) is 0 Å². The van der Waals surface area contributed by atoms with Crippen LogP contribution in [-0.4, -0.2) is 4.57 Å². The zero-order chi connectivity index (χ0) is 39.4. The number of fused-ring (bicyclic) bond motifs is 12. The third-order valence-corrected chi connectivity index (χ3v) is 14.2. The lowest BCUT2D eigenvalue weighted by molar-refractivity contribution is 0.707. The van der Waals surface area contributed by atoms with Gasteiger partial charge in [0, 0.05) is 42.7 Å². The van der Waals surface area contributed by atoms with Gasteiger partial charge in [0.15, 0.2) is 0 Å². The molecule has 2 nitrogen and oxygen atoms in total. The lowest BCUT2D eigenvalue weighted by Crippen LogP contribution is -2.36. The zero-order valence-corrected chi connectivity index (χ0v) is 33.4. The highest BCUT2D eigenvalue weighted by Crippen LogP contribution is 2.62. The van der Waals surface area contributed by atoms with Crippen LogP contribution < -0.4 is 4.90 Å². The number of aromatic nitrogens is 1. The molecule has 2 heterocycles. The fourth-order valence-corrected chi connectivity index (χ4v) is 11.8. The molecule has 0 fully saturated rings. The molecule has 10 aromatic carbocycles. The third kappa shape index (κ3) is 4.55. The average molecular weight is 781 g/mol. The van der Waals surface area contributed by atoms with Crippen LogP contribution in [0.3, 0.4) is 0 Å². The summed E-state index contributed by atoms with van der Waals surface area (Å²) >= 11 is 1.89. The maximum Gasteiger partial charge on any atom is 0.0735 e. The summed E-state index contributed by atoms with van der Waals surface area (Å²) in [5, 5.41) is 7.43. The predicted octanol–water partition coefficient (Wildman–Crippen LogP) is 15.4. The molecule has 280 valence electrons. The molecule has 13 rings (SSSR count). The molecule has 0 radical (unpaired) electrons. The first-order chi connectivity index (χ1) is 29.8. The molecule has 0 amide bonds. The minimum absolute atomic E-state index is 0.500. The van der Waals surface area contributed by atoms with Gasteiger partial charge >= 0.3 is 0 Å². The topological polar surface area (TPSA) is 8.17 Å². The summed E-state index contributed by atoms with van der Waals surface area (Å²) in [6.07, 6.45) is 0. The number of benzene rings is 10. The third-order valence-electron chi connectivity index (χ3n) is 13.0. The van der Waals surface area contributed by atoms with Crippen LogP contribution in [0.2, 0.25) is 0 Å². The van der Waals surface area contributed by atoms with Crippen LogP contribution in [0.1, 0.15) is 22.3 Å². The maximum absolute atomic E-state index is 2.52. The van der Waals surface area contributed by atoms with Crippen molar-refractivity contribution in [1.82, 2.24) is 4.57 Å². The largest absolute Gasteiger partial charge is 0.309 e. The van der Waals surface area contributed by atoms with Gasteiger partial charge in [-0.25, -0.2) is 0 Å². The molecule has 11 aromatic rings. The molecule has 1 spiro atoms. The van der Waals surface area contributed by atoms with Gasteiger partial charge in [-0.05, 0) is 98.8 Å². The lowest BCUT2D eigenvalue weighted by Gasteiger charge is -2.46. The van der Waals surface area contributed by atoms with Gasteiger partial charge < -0.3 is 9.47 Å². The summed E-state index contributed by atoms with van der Waals surface area (Å²) < 4.78 is 2.42. The molecule has 0 N–H and O–H groups in total. The van der Waals surface area contributed by atoms with Gasteiger partial charge in [-0.3, -0.25) is 0 Å². The summed E-state index contributed by atoms with van der Waals surface area (Å²) in [4.78, 5) is 5.13. The molecule has 1 aliphatic heterocycles. The summed E-state index contributed by atoms with van der Waals surface area (Å²) in [6.45, 7) is 0. The zero-order valence-electron chi connectivity index (χ0n) is 32.6. The molecule has 0 saturated carbocycles. The van der Waals surface area contributed by atoms with Crippen LogP contribution >= 0.6 is 11.8 Å². The van der Waals surface area contributed by atoms with E-state index in [9.17, 15) is 0 Å². The Labute approximate surface area is 352 Å². The number of rotatable bonds is 4. The Morgan fingerprint density at radius 1 is 0.383 bits per heavy atom. The number of hydrogen-bond acceptors (Lipinski definition) is 2. The number of hydrogen-bond donors (Lipinski definition) is 0. The summed E-state index contributed by atoms with van der Waals surface area (Å²) in [5.74, 6) is 0. The molecule has 2 aliphatic rings. The van der Waals surface area contributed by atoms with Gasteiger partial charge in [0.2, 0.25) is 0 Å². The predicted molar refractivity (Wildman–Crippen MR) is 252 cm³/mol. The van der Waals surface area contributed by atoms with E-state index in [0.29, 0.717) is 0 Å². The Hall–Kier alpha value is -7.33. The van der Waals surface area contributed by atoms with Crippen molar-refractivity contribution in [1.29, 1.82) is 0 Å². The number of para-hydroxylation sites is 2. The van der Waals surface area contributed by atoms with Gasteiger partial charge in [-0.1, -0.05) is 176 Å². The fourth-order valence-electron chi connectivity index (χ4n) is 10.7. The van der Waals surface area contributed by atoms with Crippen molar-refractivity contribution < 1.29 is 0 Å². The Morgan fingerprint density at radius 2 is 0.983 bits per heavy atom. The summed E-state index contributed by atoms with van der Waals surface area (Å²) in [7, 11) is 0. The highest BCUT2D eigenvalue weighted by atomic mass is 32.2. The molecule has 1 aliphatic carbocycles. The molecule has 0 saturated heterocycles. The molecule has 0 atom stereocenters.